The van der Waals surface area contributed by atoms with E-state index >= 15 is 0 Å². The van der Waals surface area contributed by atoms with Crippen LogP contribution in [0.5, 0.6) is 11.5 Å². The summed E-state index contributed by atoms with van der Waals surface area (Å²) in [7, 11) is 0. The van der Waals surface area contributed by atoms with Gasteiger partial charge in [-0.15, -0.1) is 11.3 Å². The normalized spacial score (nSPS) is 12.5. The first-order valence-corrected chi connectivity index (χ1v) is 8.99. The van der Waals surface area contributed by atoms with E-state index in [-0.39, 0.29) is 12.5 Å². The molecule has 28 heavy (non-hydrogen) atoms. The highest BCUT2D eigenvalue weighted by molar-refractivity contribution is 7.11. The first-order chi connectivity index (χ1) is 13.6. The van der Waals surface area contributed by atoms with Crippen LogP contribution in [0.25, 0.3) is 16.8 Å². The third kappa shape index (κ3) is 3.49. The first kappa shape index (κ1) is 17.5. The summed E-state index contributed by atoms with van der Waals surface area (Å²) in [6, 6.07) is 13.6. The Hall–Kier alpha value is -3.90. The maximum atomic E-state index is 10.7. The monoisotopic (exact) mass is 392 g/mol. The van der Waals surface area contributed by atoms with Crippen molar-refractivity contribution in [2.75, 3.05) is 12.1 Å². The number of hydrogen-bond acceptors (Lipinski definition) is 8. The Kier molecular flexibility index (Phi) is 4.62. The molecule has 0 atom stereocenters. The Labute approximate surface area is 163 Å². The molecule has 1 aliphatic heterocycles. The minimum atomic E-state index is -0.465. The van der Waals surface area contributed by atoms with Gasteiger partial charge in [-0.05, 0) is 30.3 Å². The summed E-state index contributed by atoms with van der Waals surface area (Å²) < 4.78 is 10.7. The van der Waals surface area contributed by atoms with E-state index < -0.39 is 4.92 Å². The summed E-state index contributed by atoms with van der Waals surface area (Å²) in [5.41, 5.74) is 2.59. The predicted molar refractivity (Wildman–Crippen MR) is 104 cm³/mol. The molecule has 0 unspecified atom stereocenters. The zero-order chi connectivity index (χ0) is 19.5. The third-order valence-corrected chi connectivity index (χ3v) is 4.86. The molecule has 0 fully saturated rings. The summed E-state index contributed by atoms with van der Waals surface area (Å²) >= 11 is 1.35. The molecule has 9 heteroatoms. The lowest BCUT2D eigenvalue weighted by atomic mass is 10.1. The number of nitriles is 1. The van der Waals surface area contributed by atoms with Crippen molar-refractivity contribution in [3.8, 4) is 28.8 Å². The van der Waals surface area contributed by atoms with Crippen molar-refractivity contribution in [3.05, 3.63) is 69.2 Å². The van der Waals surface area contributed by atoms with Crippen LogP contribution < -0.4 is 14.8 Å². The summed E-state index contributed by atoms with van der Waals surface area (Å²) in [6.45, 7) is 0.205. The molecule has 0 saturated carbocycles. The van der Waals surface area contributed by atoms with Gasteiger partial charge in [0.1, 0.15) is 16.6 Å². The minimum absolute atomic E-state index is 0.00308. The average Bonchev–Trinajstić information content (AvgIpc) is 3.38. The lowest BCUT2D eigenvalue weighted by molar-refractivity contribution is -0.384. The molecule has 4 rings (SSSR count). The van der Waals surface area contributed by atoms with E-state index in [0.29, 0.717) is 27.8 Å². The molecule has 0 saturated heterocycles. The summed E-state index contributed by atoms with van der Waals surface area (Å²) in [5, 5.41) is 25.6. The molecule has 8 nitrogen and oxygen atoms in total. The zero-order valence-electron chi connectivity index (χ0n) is 14.3. The van der Waals surface area contributed by atoms with Crippen molar-refractivity contribution in [1.82, 2.24) is 4.98 Å². The number of benzene rings is 2. The van der Waals surface area contributed by atoms with Crippen LogP contribution in [0.4, 0.5) is 11.4 Å². The van der Waals surface area contributed by atoms with Gasteiger partial charge in [0.25, 0.3) is 5.69 Å². The molecule has 0 spiro atoms. The van der Waals surface area contributed by atoms with Gasteiger partial charge in [-0.3, -0.25) is 10.1 Å². The fraction of sp³-hybridized carbons (Fsp3) is 0.0526. The number of hydrogen-bond donors (Lipinski definition) is 1. The maximum absolute atomic E-state index is 10.7. The quantitative estimate of drug-likeness (QED) is 0.389. The van der Waals surface area contributed by atoms with E-state index in [4.69, 9.17) is 9.47 Å². The topological polar surface area (TPSA) is 110 Å². The van der Waals surface area contributed by atoms with Crippen molar-refractivity contribution in [1.29, 1.82) is 5.26 Å². The van der Waals surface area contributed by atoms with Crippen LogP contribution in [-0.4, -0.2) is 16.7 Å². The zero-order valence-corrected chi connectivity index (χ0v) is 15.1. The number of allylic oxidation sites excluding steroid dienone is 1. The number of nitrogens with one attached hydrogen (secondary N) is 1. The van der Waals surface area contributed by atoms with E-state index in [1.54, 1.807) is 12.1 Å². The predicted octanol–water partition coefficient (Wildman–Crippen LogP) is 4.42. The van der Waals surface area contributed by atoms with Gasteiger partial charge in [-0.2, -0.15) is 5.26 Å². The SMILES string of the molecule is N#CC(=CNc1ccc([N+](=O)[O-])cc1)c1nc(-c2ccc3c(c2)OCO3)cs1. The number of rotatable bonds is 5. The highest BCUT2D eigenvalue weighted by Gasteiger charge is 2.16. The number of ether oxygens (including phenoxy) is 2. The summed E-state index contributed by atoms with van der Waals surface area (Å²) in [4.78, 5) is 14.8. The number of nitro benzene ring substituents is 1. The molecule has 0 radical (unpaired) electrons. The highest BCUT2D eigenvalue weighted by atomic mass is 32.1. The molecule has 2 aromatic carbocycles. The second-order valence-electron chi connectivity index (χ2n) is 5.72. The van der Waals surface area contributed by atoms with Crippen molar-refractivity contribution < 1.29 is 14.4 Å². The smallest absolute Gasteiger partial charge is 0.269 e. The largest absolute Gasteiger partial charge is 0.454 e. The van der Waals surface area contributed by atoms with Crippen LogP contribution in [0, 0.1) is 21.4 Å². The maximum Gasteiger partial charge on any atom is 0.269 e. The van der Waals surface area contributed by atoms with E-state index in [9.17, 15) is 15.4 Å². The van der Waals surface area contributed by atoms with Crippen LogP contribution in [0.2, 0.25) is 0 Å². The van der Waals surface area contributed by atoms with Gasteiger partial charge in [0.15, 0.2) is 11.5 Å². The van der Waals surface area contributed by atoms with Gasteiger partial charge < -0.3 is 14.8 Å². The molecule has 3 aromatic rings. The van der Waals surface area contributed by atoms with Crippen molar-refractivity contribution >= 4 is 28.3 Å². The molecule has 1 aromatic heterocycles. The Balaban J connectivity index is 1.53. The van der Waals surface area contributed by atoms with Crippen molar-refractivity contribution in [3.63, 3.8) is 0 Å². The van der Waals surface area contributed by atoms with Gasteiger partial charge >= 0.3 is 0 Å². The fourth-order valence-electron chi connectivity index (χ4n) is 2.56. The number of nitrogens with zero attached hydrogens (tertiary/aromatic N) is 3. The van der Waals surface area contributed by atoms with Crippen LogP contribution in [-0.2, 0) is 0 Å². The molecule has 1 aliphatic rings. The van der Waals surface area contributed by atoms with Crippen LogP contribution in [0.1, 0.15) is 5.01 Å². The van der Waals surface area contributed by atoms with Gasteiger partial charge in [0.05, 0.1) is 10.6 Å². The minimum Gasteiger partial charge on any atom is -0.454 e. The lowest BCUT2D eigenvalue weighted by Crippen LogP contribution is -1.93. The molecule has 0 amide bonds. The average molecular weight is 392 g/mol. The second kappa shape index (κ2) is 7.38. The van der Waals surface area contributed by atoms with Gasteiger partial charge in [-0.25, -0.2) is 4.98 Å². The van der Waals surface area contributed by atoms with Gasteiger partial charge in [-0.1, -0.05) is 0 Å². The van der Waals surface area contributed by atoms with E-state index in [2.05, 4.69) is 16.4 Å². The van der Waals surface area contributed by atoms with Gasteiger partial charge in [0, 0.05) is 35.0 Å². The van der Waals surface area contributed by atoms with E-state index in [0.717, 1.165) is 11.3 Å². The van der Waals surface area contributed by atoms with Gasteiger partial charge in [0.2, 0.25) is 6.79 Å². The Morgan fingerprint density at radius 2 is 2.04 bits per heavy atom. The Morgan fingerprint density at radius 3 is 2.79 bits per heavy atom. The van der Waals surface area contributed by atoms with E-state index in [1.165, 1.54) is 29.7 Å². The first-order valence-electron chi connectivity index (χ1n) is 8.11. The lowest BCUT2D eigenvalue weighted by Gasteiger charge is -2.01. The fourth-order valence-corrected chi connectivity index (χ4v) is 3.36. The number of fused-ring (bicyclic) bond motifs is 1. The standard InChI is InChI=1S/C19H12N4O4S/c20-8-13(9-21-14-2-4-15(5-3-14)23(24)25)19-22-16(10-28-19)12-1-6-17-18(7-12)27-11-26-17/h1-7,9-10,21H,11H2. The number of non-ortho nitro benzene ring substituents is 1. The van der Waals surface area contributed by atoms with Crippen molar-refractivity contribution in [2.24, 2.45) is 0 Å². The van der Waals surface area contributed by atoms with Crippen LogP contribution in [0.15, 0.2) is 54.0 Å². The number of anilines is 1. The number of thiazole rings is 1. The van der Waals surface area contributed by atoms with Crippen molar-refractivity contribution in [2.45, 2.75) is 0 Å². The summed E-state index contributed by atoms with van der Waals surface area (Å²) in [5.74, 6) is 1.37. The molecule has 0 aliphatic carbocycles. The molecular formula is C19H12N4O4S. The molecule has 2 heterocycles. The van der Waals surface area contributed by atoms with E-state index in [1.807, 2.05) is 23.6 Å². The number of nitro groups is 1. The molecule has 0 bridgehead atoms. The summed E-state index contributed by atoms with van der Waals surface area (Å²) in [6.07, 6.45) is 1.53. The highest BCUT2D eigenvalue weighted by Crippen LogP contribution is 2.36. The molecular weight excluding hydrogens is 380 g/mol. The molecule has 1 N–H and O–H groups in total. The van der Waals surface area contributed by atoms with Crippen LogP contribution >= 0.6 is 11.3 Å². The number of aromatic nitrogens is 1. The Morgan fingerprint density at radius 1 is 1.25 bits per heavy atom. The third-order valence-electron chi connectivity index (χ3n) is 3.98. The molecule has 138 valence electrons. The van der Waals surface area contributed by atoms with Crippen LogP contribution in [0.3, 0.4) is 0 Å². The second-order valence-corrected chi connectivity index (χ2v) is 6.58. The Bertz CT molecular complexity index is 1120.